The normalized spacial score (nSPS) is 10.9. The number of aryl methyl sites for hydroxylation is 2. The first-order valence-corrected chi connectivity index (χ1v) is 5.95. The second-order valence-electron chi connectivity index (χ2n) is 4.48. The van der Waals surface area contributed by atoms with E-state index in [1.807, 2.05) is 0 Å². The van der Waals surface area contributed by atoms with Crippen LogP contribution in [0, 0.1) is 13.8 Å². The van der Waals surface area contributed by atoms with E-state index in [0.717, 1.165) is 5.39 Å². The SMILES string of the molecule is Cc1cc2c(ccc(=O)n2CCO)c(C)c1C(=O)O. The molecule has 1 heterocycles. The number of carboxylic acids is 1. The number of pyridine rings is 1. The van der Waals surface area contributed by atoms with Crippen LogP contribution in [0.5, 0.6) is 0 Å². The summed E-state index contributed by atoms with van der Waals surface area (Å²) in [5.41, 5.74) is 1.95. The summed E-state index contributed by atoms with van der Waals surface area (Å²) in [4.78, 5) is 23.1. The number of hydrogen-bond donors (Lipinski definition) is 2. The Bertz CT molecular complexity index is 715. The molecule has 0 bridgehead atoms. The Morgan fingerprint density at radius 1 is 1.32 bits per heavy atom. The molecular weight excluding hydrogens is 246 g/mol. The number of hydrogen-bond acceptors (Lipinski definition) is 3. The van der Waals surface area contributed by atoms with Gasteiger partial charge < -0.3 is 14.8 Å². The zero-order valence-corrected chi connectivity index (χ0v) is 10.8. The zero-order chi connectivity index (χ0) is 14.2. The summed E-state index contributed by atoms with van der Waals surface area (Å²) in [7, 11) is 0. The highest BCUT2D eigenvalue weighted by molar-refractivity contribution is 5.98. The fourth-order valence-electron chi connectivity index (χ4n) is 2.43. The van der Waals surface area contributed by atoms with Gasteiger partial charge in [0.15, 0.2) is 0 Å². The average Bonchev–Trinajstić information content (AvgIpc) is 2.32. The van der Waals surface area contributed by atoms with Crippen LogP contribution in [0.15, 0.2) is 23.0 Å². The maximum absolute atomic E-state index is 11.8. The molecule has 1 aromatic heterocycles. The molecule has 0 aliphatic heterocycles. The van der Waals surface area contributed by atoms with Crippen molar-refractivity contribution in [3.05, 3.63) is 45.2 Å². The lowest BCUT2D eigenvalue weighted by Crippen LogP contribution is -2.21. The van der Waals surface area contributed by atoms with Crippen molar-refractivity contribution in [3.63, 3.8) is 0 Å². The number of nitrogens with zero attached hydrogens (tertiary/aromatic N) is 1. The van der Waals surface area contributed by atoms with Gasteiger partial charge in [0.1, 0.15) is 0 Å². The highest BCUT2D eigenvalue weighted by Gasteiger charge is 2.15. The van der Waals surface area contributed by atoms with Crippen molar-refractivity contribution in [1.29, 1.82) is 0 Å². The Balaban J connectivity index is 2.91. The van der Waals surface area contributed by atoms with Gasteiger partial charge in [-0.3, -0.25) is 4.79 Å². The number of carbonyl (C=O) groups is 1. The summed E-state index contributed by atoms with van der Waals surface area (Å²) >= 11 is 0. The maximum atomic E-state index is 11.8. The zero-order valence-electron chi connectivity index (χ0n) is 10.8. The lowest BCUT2D eigenvalue weighted by atomic mass is 9.98. The molecule has 0 saturated heterocycles. The molecule has 0 saturated carbocycles. The van der Waals surface area contributed by atoms with Crippen LogP contribution in [-0.2, 0) is 6.54 Å². The van der Waals surface area contributed by atoms with Crippen molar-refractivity contribution in [2.45, 2.75) is 20.4 Å². The van der Waals surface area contributed by atoms with E-state index in [1.165, 1.54) is 10.6 Å². The third-order valence-corrected chi connectivity index (χ3v) is 3.29. The monoisotopic (exact) mass is 261 g/mol. The molecule has 2 N–H and O–H groups in total. The molecule has 0 fully saturated rings. The van der Waals surface area contributed by atoms with E-state index in [1.54, 1.807) is 26.0 Å². The summed E-state index contributed by atoms with van der Waals surface area (Å²) in [6.45, 7) is 3.49. The minimum absolute atomic E-state index is 0.141. The molecule has 5 heteroatoms. The minimum atomic E-state index is -0.975. The summed E-state index contributed by atoms with van der Waals surface area (Å²) in [6.07, 6.45) is 0. The number of fused-ring (bicyclic) bond motifs is 1. The van der Waals surface area contributed by atoms with E-state index in [2.05, 4.69) is 0 Å². The van der Waals surface area contributed by atoms with Crippen LogP contribution in [0.2, 0.25) is 0 Å². The van der Waals surface area contributed by atoms with Crippen LogP contribution in [0.4, 0.5) is 0 Å². The minimum Gasteiger partial charge on any atom is -0.478 e. The fraction of sp³-hybridized carbons (Fsp3) is 0.286. The predicted octanol–water partition coefficient (Wildman–Crippen LogP) is 1.31. The number of carboxylic acid groups (broad SMARTS) is 1. The summed E-state index contributed by atoms with van der Waals surface area (Å²) in [6, 6.07) is 4.71. The largest absolute Gasteiger partial charge is 0.478 e. The summed E-state index contributed by atoms with van der Waals surface area (Å²) < 4.78 is 1.46. The molecule has 0 aliphatic rings. The Morgan fingerprint density at radius 3 is 2.58 bits per heavy atom. The molecule has 0 spiro atoms. The first kappa shape index (κ1) is 13.3. The molecule has 0 radical (unpaired) electrons. The highest BCUT2D eigenvalue weighted by Crippen LogP contribution is 2.24. The van der Waals surface area contributed by atoms with Crippen molar-refractivity contribution >= 4 is 16.9 Å². The summed E-state index contributed by atoms with van der Waals surface area (Å²) in [5, 5.41) is 19.0. The molecule has 2 aromatic rings. The number of aromatic carboxylic acids is 1. The van der Waals surface area contributed by atoms with Crippen molar-refractivity contribution in [1.82, 2.24) is 4.57 Å². The van der Waals surface area contributed by atoms with Gasteiger partial charge in [-0.25, -0.2) is 4.79 Å². The van der Waals surface area contributed by atoms with Gasteiger partial charge in [0.2, 0.25) is 0 Å². The van der Waals surface area contributed by atoms with E-state index >= 15 is 0 Å². The van der Waals surface area contributed by atoms with Gasteiger partial charge >= 0.3 is 5.97 Å². The Kier molecular flexibility index (Phi) is 3.40. The number of aliphatic hydroxyl groups is 1. The predicted molar refractivity (Wildman–Crippen MR) is 71.7 cm³/mol. The molecule has 19 heavy (non-hydrogen) atoms. The van der Waals surface area contributed by atoms with Crippen molar-refractivity contribution < 1.29 is 15.0 Å². The molecule has 0 aliphatic carbocycles. The van der Waals surface area contributed by atoms with E-state index in [-0.39, 0.29) is 24.3 Å². The molecule has 0 amide bonds. The highest BCUT2D eigenvalue weighted by atomic mass is 16.4. The van der Waals surface area contributed by atoms with Crippen LogP contribution in [0.1, 0.15) is 21.5 Å². The van der Waals surface area contributed by atoms with Crippen LogP contribution >= 0.6 is 0 Å². The molecule has 1 aromatic carbocycles. The fourth-order valence-corrected chi connectivity index (χ4v) is 2.43. The third-order valence-electron chi connectivity index (χ3n) is 3.29. The van der Waals surface area contributed by atoms with E-state index in [9.17, 15) is 14.7 Å². The first-order chi connectivity index (χ1) is 8.97. The van der Waals surface area contributed by atoms with Crippen molar-refractivity contribution in [3.8, 4) is 0 Å². The van der Waals surface area contributed by atoms with Gasteiger partial charge in [-0.15, -0.1) is 0 Å². The van der Waals surface area contributed by atoms with E-state index in [0.29, 0.717) is 16.6 Å². The smallest absolute Gasteiger partial charge is 0.336 e. The molecule has 0 unspecified atom stereocenters. The van der Waals surface area contributed by atoms with Crippen molar-refractivity contribution in [2.24, 2.45) is 0 Å². The quantitative estimate of drug-likeness (QED) is 0.873. The molecule has 2 rings (SSSR count). The number of aromatic nitrogens is 1. The maximum Gasteiger partial charge on any atom is 0.336 e. The molecular formula is C14H15NO4. The lowest BCUT2D eigenvalue weighted by Gasteiger charge is -2.14. The number of rotatable bonds is 3. The average molecular weight is 261 g/mol. The van der Waals surface area contributed by atoms with Crippen LogP contribution in [-0.4, -0.2) is 27.4 Å². The second-order valence-corrected chi connectivity index (χ2v) is 4.48. The number of benzene rings is 1. The van der Waals surface area contributed by atoms with Gasteiger partial charge in [0.25, 0.3) is 5.56 Å². The second kappa shape index (κ2) is 4.85. The Labute approximate surface area is 109 Å². The van der Waals surface area contributed by atoms with Crippen LogP contribution in [0.25, 0.3) is 10.9 Å². The van der Waals surface area contributed by atoms with Gasteiger partial charge in [0, 0.05) is 18.0 Å². The van der Waals surface area contributed by atoms with E-state index in [4.69, 9.17) is 5.11 Å². The first-order valence-electron chi connectivity index (χ1n) is 5.95. The summed E-state index contributed by atoms with van der Waals surface area (Å²) in [5.74, 6) is -0.975. The molecule has 5 nitrogen and oxygen atoms in total. The van der Waals surface area contributed by atoms with Crippen LogP contribution < -0.4 is 5.56 Å². The van der Waals surface area contributed by atoms with Gasteiger partial charge in [-0.2, -0.15) is 0 Å². The topological polar surface area (TPSA) is 79.5 Å². The Morgan fingerprint density at radius 2 is 2.00 bits per heavy atom. The Hall–Kier alpha value is -2.14. The lowest BCUT2D eigenvalue weighted by molar-refractivity contribution is 0.0695. The van der Waals surface area contributed by atoms with E-state index < -0.39 is 5.97 Å². The van der Waals surface area contributed by atoms with Gasteiger partial charge in [-0.1, -0.05) is 0 Å². The van der Waals surface area contributed by atoms with Gasteiger partial charge in [0.05, 0.1) is 17.7 Å². The molecule has 100 valence electrons. The molecule has 0 atom stereocenters. The number of aliphatic hydroxyl groups excluding tert-OH is 1. The third kappa shape index (κ3) is 2.13. The van der Waals surface area contributed by atoms with Crippen LogP contribution in [0.3, 0.4) is 0 Å². The standard InChI is InChI=1S/C14H15NO4/c1-8-7-11-10(9(2)13(8)14(18)19)3-4-12(17)15(11)5-6-16/h3-4,7,16H,5-6H2,1-2H3,(H,18,19). The van der Waals surface area contributed by atoms with Gasteiger partial charge in [-0.05, 0) is 37.1 Å². The van der Waals surface area contributed by atoms with Crippen molar-refractivity contribution in [2.75, 3.05) is 6.61 Å².